The Morgan fingerprint density at radius 1 is 1.42 bits per heavy atom. The SMILES string of the molecule is COC(CNC(=O)CCN1C(=O)C(C)Oc2ccccc21)C(=O)O. The smallest absolute Gasteiger partial charge is 0.334 e. The number of nitrogens with zero attached hydrogens (tertiary/aromatic N) is 1. The Labute approximate surface area is 139 Å². The van der Waals surface area contributed by atoms with Gasteiger partial charge in [0.25, 0.3) is 5.91 Å². The Kier molecular flexibility index (Phi) is 5.75. The number of hydrogen-bond donors (Lipinski definition) is 2. The van der Waals surface area contributed by atoms with Gasteiger partial charge >= 0.3 is 5.97 Å². The number of ether oxygens (including phenoxy) is 2. The van der Waals surface area contributed by atoms with Crippen molar-refractivity contribution in [1.29, 1.82) is 0 Å². The van der Waals surface area contributed by atoms with Crippen LogP contribution in [0.15, 0.2) is 24.3 Å². The third-order valence-electron chi connectivity index (χ3n) is 3.68. The maximum atomic E-state index is 12.3. The number of rotatable bonds is 7. The molecule has 2 N–H and O–H groups in total. The molecule has 0 saturated carbocycles. The van der Waals surface area contributed by atoms with Crippen LogP contribution in [-0.4, -0.2) is 55.3 Å². The Bertz CT molecular complexity index is 633. The van der Waals surface area contributed by atoms with Crippen molar-refractivity contribution in [1.82, 2.24) is 5.32 Å². The summed E-state index contributed by atoms with van der Waals surface area (Å²) in [7, 11) is 1.26. The molecule has 0 saturated heterocycles. The van der Waals surface area contributed by atoms with E-state index in [1.807, 2.05) is 6.07 Å². The summed E-state index contributed by atoms with van der Waals surface area (Å²) in [6.45, 7) is 1.70. The summed E-state index contributed by atoms with van der Waals surface area (Å²) in [6.07, 6.45) is -1.67. The molecular weight excluding hydrogens is 316 g/mol. The Morgan fingerprint density at radius 2 is 2.12 bits per heavy atom. The number of amides is 2. The summed E-state index contributed by atoms with van der Waals surface area (Å²) in [5, 5.41) is 11.3. The van der Waals surface area contributed by atoms with Crippen molar-refractivity contribution in [2.24, 2.45) is 0 Å². The second-order valence-electron chi connectivity index (χ2n) is 5.33. The van der Waals surface area contributed by atoms with Crippen LogP contribution in [0.3, 0.4) is 0 Å². The van der Waals surface area contributed by atoms with Crippen molar-refractivity contribution >= 4 is 23.5 Å². The molecule has 24 heavy (non-hydrogen) atoms. The Hall–Kier alpha value is -2.61. The van der Waals surface area contributed by atoms with E-state index in [1.54, 1.807) is 25.1 Å². The van der Waals surface area contributed by atoms with E-state index < -0.39 is 18.2 Å². The van der Waals surface area contributed by atoms with E-state index in [0.717, 1.165) is 0 Å². The van der Waals surface area contributed by atoms with Gasteiger partial charge in [0.05, 0.1) is 12.2 Å². The van der Waals surface area contributed by atoms with Crippen molar-refractivity contribution < 1.29 is 29.0 Å². The molecule has 130 valence electrons. The lowest BCUT2D eigenvalue weighted by Crippen LogP contribution is -2.46. The number of methoxy groups -OCH3 is 1. The minimum absolute atomic E-state index is 0.0445. The molecule has 8 heteroatoms. The largest absolute Gasteiger partial charge is 0.479 e. The molecule has 0 aliphatic carbocycles. The van der Waals surface area contributed by atoms with Crippen LogP contribution in [0.25, 0.3) is 0 Å². The molecule has 0 radical (unpaired) electrons. The highest BCUT2D eigenvalue weighted by Gasteiger charge is 2.31. The molecule has 1 aliphatic rings. The number of benzene rings is 1. The molecule has 1 aliphatic heterocycles. The molecule has 2 atom stereocenters. The minimum Gasteiger partial charge on any atom is -0.479 e. The van der Waals surface area contributed by atoms with Gasteiger partial charge in [-0.15, -0.1) is 0 Å². The highest BCUT2D eigenvalue weighted by atomic mass is 16.5. The van der Waals surface area contributed by atoms with Crippen LogP contribution < -0.4 is 15.0 Å². The molecular formula is C16H20N2O6. The van der Waals surface area contributed by atoms with Crippen molar-refractivity contribution in [3.05, 3.63) is 24.3 Å². The normalized spacial score (nSPS) is 17.7. The van der Waals surface area contributed by atoms with Crippen LogP contribution in [0.5, 0.6) is 5.75 Å². The molecule has 8 nitrogen and oxygen atoms in total. The number of para-hydroxylation sites is 2. The first-order chi connectivity index (χ1) is 11.4. The van der Waals surface area contributed by atoms with Crippen LogP contribution in [0.4, 0.5) is 5.69 Å². The van der Waals surface area contributed by atoms with Crippen LogP contribution >= 0.6 is 0 Å². The van der Waals surface area contributed by atoms with Crippen molar-refractivity contribution in [3.8, 4) is 5.75 Å². The van der Waals surface area contributed by atoms with Crippen molar-refractivity contribution in [3.63, 3.8) is 0 Å². The number of aliphatic carboxylic acids is 1. The number of nitrogens with one attached hydrogen (secondary N) is 1. The quantitative estimate of drug-likeness (QED) is 0.747. The number of hydrogen-bond acceptors (Lipinski definition) is 5. The standard InChI is InChI=1S/C16H20N2O6/c1-10-15(20)18(11-5-3-4-6-12(11)24-10)8-7-14(19)17-9-13(23-2)16(21)22/h3-6,10,13H,7-9H2,1-2H3,(H,17,19)(H,21,22). The molecule has 1 heterocycles. The van der Waals surface area contributed by atoms with Gasteiger partial charge in [-0.25, -0.2) is 4.79 Å². The third kappa shape index (κ3) is 4.02. The van der Waals surface area contributed by atoms with Gasteiger partial charge in [-0.1, -0.05) is 12.1 Å². The van der Waals surface area contributed by atoms with Gasteiger partial charge in [0.2, 0.25) is 5.91 Å². The summed E-state index contributed by atoms with van der Waals surface area (Å²) in [5.41, 5.74) is 0.619. The summed E-state index contributed by atoms with van der Waals surface area (Å²) >= 11 is 0. The summed E-state index contributed by atoms with van der Waals surface area (Å²) in [5.74, 6) is -1.14. The molecule has 0 bridgehead atoms. The first-order valence-electron chi connectivity index (χ1n) is 7.53. The molecule has 2 unspecified atom stereocenters. The number of fused-ring (bicyclic) bond motifs is 1. The predicted molar refractivity (Wildman–Crippen MR) is 84.9 cm³/mol. The number of carbonyl (C=O) groups excluding carboxylic acids is 2. The van der Waals surface area contributed by atoms with Crippen molar-refractivity contribution in [2.75, 3.05) is 25.1 Å². The highest BCUT2D eigenvalue weighted by molar-refractivity contribution is 6.00. The first kappa shape index (κ1) is 17.7. The topological polar surface area (TPSA) is 105 Å². The molecule has 1 aromatic rings. The summed E-state index contributed by atoms with van der Waals surface area (Å²) in [6, 6.07) is 7.11. The van der Waals surface area contributed by atoms with E-state index in [1.165, 1.54) is 12.0 Å². The first-order valence-corrected chi connectivity index (χ1v) is 7.53. The monoisotopic (exact) mass is 336 g/mol. The lowest BCUT2D eigenvalue weighted by molar-refractivity contribution is -0.148. The second-order valence-corrected chi connectivity index (χ2v) is 5.33. The van der Waals surface area contributed by atoms with E-state index in [9.17, 15) is 14.4 Å². The Morgan fingerprint density at radius 3 is 2.79 bits per heavy atom. The summed E-state index contributed by atoms with van der Waals surface area (Å²) < 4.78 is 10.3. The zero-order valence-electron chi connectivity index (χ0n) is 13.5. The van der Waals surface area contributed by atoms with E-state index in [-0.39, 0.29) is 31.3 Å². The maximum absolute atomic E-state index is 12.3. The number of carbonyl (C=O) groups is 3. The zero-order chi connectivity index (χ0) is 17.7. The van der Waals surface area contributed by atoms with E-state index in [4.69, 9.17) is 14.6 Å². The fourth-order valence-electron chi connectivity index (χ4n) is 2.37. The fraction of sp³-hybridized carbons (Fsp3) is 0.438. The van der Waals surface area contributed by atoms with Gasteiger partial charge < -0.3 is 24.8 Å². The minimum atomic E-state index is -1.15. The molecule has 2 rings (SSSR count). The third-order valence-corrected chi connectivity index (χ3v) is 3.68. The lowest BCUT2D eigenvalue weighted by Gasteiger charge is -2.32. The average Bonchev–Trinajstić information content (AvgIpc) is 2.55. The van der Waals surface area contributed by atoms with Crippen LogP contribution in [0.2, 0.25) is 0 Å². The lowest BCUT2D eigenvalue weighted by atomic mass is 10.1. The molecule has 0 spiro atoms. The maximum Gasteiger partial charge on any atom is 0.334 e. The Balaban J connectivity index is 1.94. The van der Waals surface area contributed by atoms with Crippen molar-refractivity contribution in [2.45, 2.75) is 25.6 Å². The van der Waals surface area contributed by atoms with Crippen LogP contribution in [-0.2, 0) is 19.1 Å². The molecule has 1 aromatic carbocycles. The average molecular weight is 336 g/mol. The van der Waals surface area contributed by atoms with Gasteiger partial charge in [-0.05, 0) is 19.1 Å². The molecule has 2 amide bonds. The molecule has 0 aromatic heterocycles. The van der Waals surface area contributed by atoms with Gasteiger partial charge in [0.1, 0.15) is 5.75 Å². The van der Waals surface area contributed by atoms with Gasteiger partial charge in [-0.3, -0.25) is 9.59 Å². The molecule has 0 fully saturated rings. The van der Waals surface area contributed by atoms with Gasteiger partial charge in [0.15, 0.2) is 12.2 Å². The van der Waals surface area contributed by atoms with Gasteiger partial charge in [0, 0.05) is 20.1 Å². The number of anilines is 1. The van der Waals surface area contributed by atoms with E-state index in [0.29, 0.717) is 11.4 Å². The van der Waals surface area contributed by atoms with E-state index >= 15 is 0 Å². The van der Waals surface area contributed by atoms with Crippen LogP contribution in [0, 0.1) is 0 Å². The zero-order valence-corrected chi connectivity index (χ0v) is 13.5. The van der Waals surface area contributed by atoms with Gasteiger partial charge in [-0.2, -0.15) is 0 Å². The fourth-order valence-corrected chi connectivity index (χ4v) is 2.37. The highest BCUT2D eigenvalue weighted by Crippen LogP contribution is 2.33. The second kappa shape index (κ2) is 7.78. The number of carboxylic acids is 1. The summed E-state index contributed by atoms with van der Waals surface area (Å²) in [4.78, 5) is 36.5. The number of carboxylic acid groups (broad SMARTS) is 1. The van der Waals surface area contributed by atoms with Crippen LogP contribution in [0.1, 0.15) is 13.3 Å². The van der Waals surface area contributed by atoms with E-state index in [2.05, 4.69) is 5.32 Å². The predicted octanol–water partition coefficient (Wildman–Crippen LogP) is 0.406.